The summed E-state index contributed by atoms with van der Waals surface area (Å²) in [5.41, 5.74) is 0. The van der Waals surface area contributed by atoms with Crippen molar-refractivity contribution in [1.29, 1.82) is 0 Å². The molecule has 1 saturated heterocycles. The Balaban J connectivity index is 2.34. The summed E-state index contributed by atoms with van der Waals surface area (Å²) in [6.07, 6.45) is 2.29. The Morgan fingerprint density at radius 3 is 2.80 bits per heavy atom. The number of rotatable bonds is 2. The van der Waals surface area contributed by atoms with Crippen molar-refractivity contribution in [1.82, 2.24) is 5.32 Å². The Morgan fingerprint density at radius 2 is 2.30 bits per heavy atom. The van der Waals surface area contributed by atoms with Crippen LogP contribution in [0.15, 0.2) is 0 Å². The molecule has 0 aliphatic carbocycles. The second-order valence-electron chi connectivity index (χ2n) is 3.08. The molecule has 0 saturated carbocycles. The molecule has 0 aromatic rings. The molecule has 0 radical (unpaired) electrons. The molecule has 1 aliphatic heterocycles. The van der Waals surface area contributed by atoms with Gasteiger partial charge in [-0.3, -0.25) is 4.39 Å². The predicted octanol–water partition coefficient (Wildman–Crippen LogP) is 1.59. The fraction of sp³-hybridized carbons (Fsp3) is 1.00. The van der Waals surface area contributed by atoms with E-state index in [2.05, 4.69) is 12.2 Å². The van der Waals surface area contributed by atoms with Crippen molar-refractivity contribution >= 4 is 0 Å². The second kappa shape index (κ2) is 3.91. The zero-order chi connectivity index (χ0) is 7.40. The van der Waals surface area contributed by atoms with Gasteiger partial charge in [-0.15, -0.1) is 0 Å². The van der Waals surface area contributed by atoms with Gasteiger partial charge >= 0.3 is 0 Å². The van der Waals surface area contributed by atoms with Crippen LogP contribution in [0.3, 0.4) is 0 Å². The minimum Gasteiger partial charge on any atom is -0.316 e. The summed E-state index contributed by atoms with van der Waals surface area (Å²) >= 11 is 0. The average Bonchev–Trinajstić information content (AvgIpc) is 2.04. The van der Waals surface area contributed by atoms with Crippen molar-refractivity contribution in [2.45, 2.75) is 19.8 Å². The van der Waals surface area contributed by atoms with Crippen molar-refractivity contribution in [3.63, 3.8) is 0 Å². The highest BCUT2D eigenvalue weighted by Gasteiger charge is 2.22. The summed E-state index contributed by atoms with van der Waals surface area (Å²) in [4.78, 5) is 0. The highest BCUT2D eigenvalue weighted by molar-refractivity contribution is 4.76. The molecule has 2 heteroatoms. The summed E-state index contributed by atoms with van der Waals surface area (Å²) in [7, 11) is 0. The maximum atomic E-state index is 12.3. The highest BCUT2D eigenvalue weighted by atomic mass is 19.1. The van der Waals surface area contributed by atoms with E-state index in [1.54, 1.807) is 0 Å². The molecule has 2 unspecified atom stereocenters. The third-order valence-corrected chi connectivity index (χ3v) is 2.49. The van der Waals surface area contributed by atoms with Gasteiger partial charge in [-0.1, -0.05) is 13.3 Å². The number of halogens is 1. The van der Waals surface area contributed by atoms with E-state index in [4.69, 9.17) is 0 Å². The first-order chi connectivity index (χ1) is 4.88. The Bertz CT molecular complexity index is 83.3. The molecule has 1 fully saturated rings. The molecule has 2 atom stereocenters. The molecule has 0 spiro atoms. The van der Waals surface area contributed by atoms with Gasteiger partial charge in [0.2, 0.25) is 0 Å². The van der Waals surface area contributed by atoms with Crippen molar-refractivity contribution in [3.05, 3.63) is 0 Å². The lowest BCUT2D eigenvalue weighted by Crippen LogP contribution is -2.37. The molecular weight excluding hydrogens is 129 g/mol. The van der Waals surface area contributed by atoms with Crippen molar-refractivity contribution < 1.29 is 4.39 Å². The summed E-state index contributed by atoms with van der Waals surface area (Å²) < 4.78 is 12.3. The lowest BCUT2D eigenvalue weighted by molar-refractivity contribution is 0.202. The summed E-state index contributed by atoms with van der Waals surface area (Å²) in [5, 5.41) is 3.21. The number of piperidine rings is 1. The van der Waals surface area contributed by atoms with Crippen LogP contribution in [-0.4, -0.2) is 19.8 Å². The first-order valence-electron chi connectivity index (χ1n) is 4.15. The van der Waals surface area contributed by atoms with Gasteiger partial charge < -0.3 is 5.32 Å². The number of hydrogen-bond acceptors (Lipinski definition) is 1. The molecule has 1 nitrogen and oxygen atoms in total. The van der Waals surface area contributed by atoms with Gasteiger partial charge in [-0.25, -0.2) is 0 Å². The molecule has 60 valence electrons. The van der Waals surface area contributed by atoms with E-state index in [0.717, 1.165) is 25.9 Å². The molecule has 10 heavy (non-hydrogen) atoms. The average molecular weight is 145 g/mol. The number of alkyl halides is 1. The topological polar surface area (TPSA) is 12.0 Å². The monoisotopic (exact) mass is 145 g/mol. The van der Waals surface area contributed by atoms with E-state index in [0.29, 0.717) is 11.8 Å². The van der Waals surface area contributed by atoms with Gasteiger partial charge in [-0.2, -0.15) is 0 Å². The van der Waals surface area contributed by atoms with E-state index in [1.807, 2.05) is 0 Å². The number of nitrogens with one attached hydrogen (secondary N) is 1. The zero-order valence-corrected chi connectivity index (χ0v) is 6.57. The minimum absolute atomic E-state index is 0.147. The molecule has 0 aromatic carbocycles. The van der Waals surface area contributed by atoms with Gasteiger partial charge in [0.1, 0.15) is 0 Å². The lowest BCUT2D eigenvalue weighted by Gasteiger charge is -2.29. The van der Waals surface area contributed by atoms with Gasteiger partial charge in [-0.05, 0) is 18.9 Å². The van der Waals surface area contributed by atoms with Crippen LogP contribution < -0.4 is 5.32 Å². The molecule has 0 bridgehead atoms. The molecular formula is C8H16FN. The van der Waals surface area contributed by atoms with Crippen LogP contribution in [0, 0.1) is 11.8 Å². The standard InChI is InChI=1S/C8H16FN/c1-2-7-3-4-10-6-8(7)5-9/h7-8,10H,2-6H2,1H3. The zero-order valence-electron chi connectivity index (χ0n) is 6.57. The molecule has 0 amide bonds. The molecule has 0 aromatic heterocycles. The van der Waals surface area contributed by atoms with Crippen molar-refractivity contribution in [2.75, 3.05) is 19.8 Å². The van der Waals surface area contributed by atoms with Crippen LogP contribution in [0.2, 0.25) is 0 Å². The fourth-order valence-electron chi connectivity index (χ4n) is 1.70. The highest BCUT2D eigenvalue weighted by Crippen LogP contribution is 2.22. The van der Waals surface area contributed by atoms with Crippen LogP contribution in [0.1, 0.15) is 19.8 Å². The van der Waals surface area contributed by atoms with Crippen molar-refractivity contribution in [2.24, 2.45) is 11.8 Å². The Morgan fingerprint density at radius 1 is 1.50 bits per heavy atom. The first-order valence-corrected chi connectivity index (χ1v) is 4.15. The minimum atomic E-state index is -0.147. The maximum Gasteiger partial charge on any atom is 0.0937 e. The molecule has 1 heterocycles. The second-order valence-corrected chi connectivity index (χ2v) is 3.08. The SMILES string of the molecule is CCC1CCNCC1CF. The third kappa shape index (κ3) is 1.69. The van der Waals surface area contributed by atoms with Crippen LogP contribution in [0.25, 0.3) is 0 Å². The van der Waals surface area contributed by atoms with Gasteiger partial charge in [0.05, 0.1) is 6.67 Å². The molecule has 1 rings (SSSR count). The normalized spacial score (nSPS) is 34.2. The van der Waals surface area contributed by atoms with Crippen molar-refractivity contribution in [3.8, 4) is 0 Å². The Labute approximate surface area is 62.0 Å². The third-order valence-electron chi connectivity index (χ3n) is 2.49. The summed E-state index contributed by atoms with van der Waals surface area (Å²) in [6.45, 7) is 3.97. The van der Waals surface area contributed by atoms with Gasteiger partial charge in [0, 0.05) is 12.5 Å². The lowest BCUT2D eigenvalue weighted by atomic mass is 9.85. The van der Waals surface area contributed by atoms with Crippen LogP contribution in [0.5, 0.6) is 0 Å². The van der Waals surface area contributed by atoms with E-state index in [1.165, 1.54) is 0 Å². The summed E-state index contributed by atoms with van der Waals surface area (Å²) in [5.74, 6) is 0.921. The van der Waals surface area contributed by atoms with Crippen LogP contribution >= 0.6 is 0 Å². The smallest absolute Gasteiger partial charge is 0.0937 e. The van der Waals surface area contributed by atoms with Gasteiger partial charge in [0.25, 0.3) is 0 Å². The molecule has 1 N–H and O–H groups in total. The fourth-order valence-corrected chi connectivity index (χ4v) is 1.70. The van der Waals surface area contributed by atoms with Gasteiger partial charge in [0.15, 0.2) is 0 Å². The Hall–Kier alpha value is -0.110. The first kappa shape index (κ1) is 7.99. The van der Waals surface area contributed by atoms with E-state index < -0.39 is 0 Å². The quantitative estimate of drug-likeness (QED) is 0.622. The largest absolute Gasteiger partial charge is 0.316 e. The van der Waals surface area contributed by atoms with E-state index in [9.17, 15) is 4.39 Å². The summed E-state index contributed by atoms with van der Waals surface area (Å²) in [6, 6.07) is 0. The van der Waals surface area contributed by atoms with Crippen LogP contribution in [-0.2, 0) is 0 Å². The number of hydrogen-bond donors (Lipinski definition) is 1. The van der Waals surface area contributed by atoms with E-state index >= 15 is 0 Å². The molecule has 1 aliphatic rings. The Kier molecular flexibility index (Phi) is 3.13. The predicted molar refractivity (Wildman–Crippen MR) is 40.7 cm³/mol. The van der Waals surface area contributed by atoms with Crippen LogP contribution in [0.4, 0.5) is 4.39 Å². The maximum absolute atomic E-state index is 12.3. The van der Waals surface area contributed by atoms with E-state index in [-0.39, 0.29) is 6.67 Å².